The number of nitrogens with zero attached hydrogens (tertiary/aromatic N) is 2. The second kappa shape index (κ2) is 11.5. The fourth-order valence-electron chi connectivity index (χ4n) is 5.64. The number of hydrogen-bond acceptors (Lipinski definition) is 9. The van der Waals surface area contributed by atoms with Gasteiger partial charge in [0.25, 0.3) is 5.91 Å². The average molecular weight is 578 g/mol. The number of carbonyl (C=O) groups excluding carboxylic acids is 1. The zero-order valence-corrected chi connectivity index (χ0v) is 23.4. The average Bonchev–Trinajstić information content (AvgIpc) is 3.61. The van der Waals surface area contributed by atoms with Crippen LogP contribution in [0.5, 0.6) is 11.5 Å². The predicted octanol–water partition coefficient (Wildman–Crippen LogP) is 1.64. The quantitative estimate of drug-likeness (QED) is 0.211. The minimum absolute atomic E-state index is 0.200. The van der Waals surface area contributed by atoms with Gasteiger partial charge in [0.2, 0.25) is 6.29 Å². The van der Waals surface area contributed by atoms with Crippen LogP contribution in [0.2, 0.25) is 0 Å². The number of benzene rings is 3. The van der Waals surface area contributed by atoms with Crippen LogP contribution in [0.25, 0.3) is 21.7 Å². The number of aromatic amines is 1. The first kappa shape index (κ1) is 28.4. The number of aliphatic hydroxyl groups is 4. The molecule has 11 nitrogen and oxygen atoms in total. The summed E-state index contributed by atoms with van der Waals surface area (Å²) in [5.41, 5.74) is 2.92. The number of nitrogens with one attached hydrogen (secondary N) is 1. The van der Waals surface area contributed by atoms with E-state index < -0.39 is 37.3 Å². The summed E-state index contributed by atoms with van der Waals surface area (Å²) in [4.78, 5) is 20.8. The Kier molecular flexibility index (Phi) is 7.79. The number of hydrogen-bond donors (Lipinski definition) is 5. The molecule has 3 aromatic carbocycles. The molecule has 4 aromatic rings. The summed E-state index contributed by atoms with van der Waals surface area (Å²) < 4.78 is 17.5. The van der Waals surface area contributed by atoms with E-state index in [9.17, 15) is 25.2 Å². The van der Waals surface area contributed by atoms with Gasteiger partial charge in [0.05, 0.1) is 12.3 Å². The van der Waals surface area contributed by atoms with Gasteiger partial charge in [0.15, 0.2) is 0 Å². The second-order valence-corrected chi connectivity index (χ2v) is 11.0. The molecule has 0 bridgehead atoms. The fourth-order valence-corrected chi connectivity index (χ4v) is 5.64. The van der Waals surface area contributed by atoms with Crippen molar-refractivity contribution >= 4 is 33.3 Å². The fraction of sp³-hybridized carbons (Fsp3) is 0.387. The van der Waals surface area contributed by atoms with E-state index in [4.69, 9.17) is 14.2 Å². The maximum atomic E-state index is 13.8. The number of fused-ring (bicyclic) bond motifs is 4. The number of aliphatic hydroxyl groups excluding tert-OH is 4. The second-order valence-electron chi connectivity index (χ2n) is 11.0. The Morgan fingerprint density at radius 2 is 1.83 bits per heavy atom. The molecule has 1 aromatic heterocycles. The number of likely N-dealkylation sites (N-methyl/N-ethyl adjacent to an activating group) is 1. The van der Waals surface area contributed by atoms with E-state index in [0.29, 0.717) is 36.7 Å². The van der Waals surface area contributed by atoms with E-state index in [-0.39, 0.29) is 5.91 Å². The van der Waals surface area contributed by atoms with Gasteiger partial charge in [-0.1, -0.05) is 24.3 Å². The molecule has 0 spiro atoms. The third-order valence-electron chi connectivity index (χ3n) is 7.94. The van der Waals surface area contributed by atoms with Crippen molar-refractivity contribution in [2.75, 3.05) is 45.3 Å². The summed E-state index contributed by atoms with van der Waals surface area (Å²) in [5, 5.41) is 43.1. The van der Waals surface area contributed by atoms with E-state index >= 15 is 0 Å². The summed E-state index contributed by atoms with van der Waals surface area (Å²) in [5.74, 6) is 0.869. The van der Waals surface area contributed by atoms with E-state index in [2.05, 4.69) is 4.98 Å². The van der Waals surface area contributed by atoms with Crippen LogP contribution in [0.4, 0.5) is 5.69 Å². The maximum absolute atomic E-state index is 13.8. The lowest BCUT2D eigenvalue weighted by Gasteiger charge is -2.39. The zero-order chi connectivity index (χ0) is 29.5. The normalized spacial score (nSPS) is 24.0. The highest BCUT2D eigenvalue weighted by molar-refractivity contribution is 6.11. The van der Waals surface area contributed by atoms with Crippen LogP contribution >= 0.6 is 0 Å². The topological polar surface area (TPSA) is 148 Å². The standard InChI is InChI=1S/C31H35N3O8/c1-33(2)11-12-40-18-7-8-22-17(13-18)14-23(32-22)30(39)34-10-9-20-19-5-3-4-6-21(19)25(15-24(20)34)41-31-29(38)28(37)27(36)26(16-35)42-31/h3-8,13-15,26-29,31-32,35-38H,9-12,16H2,1-2H3. The van der Waals surface area contributed by atoms with Crippen LogP contribution < -0.4 is 14.4 Å². The third kappa shape index (κ3) is 5.19. The molecule has 2 aliphatic heterocycles. The molecule has 0 aliphatic carbocycles. The SMILES string of the molecule is CN(C)CCOc1ccc2[nH]c(C(=O)N3CCc4c3cc(OC3OC(CO)C(O)C(O)C3O)c3ccccc43)cc2c1. The van der Waals surface area contributed by atoms with Crippen LogP contribution in [-0.4, -0.2) is 107 Å². The number of H-pyrrole nitrogens is 1. The molecular formula is C31H35N3O8. The molecule has 1 amide bonds. The van der Waals surface area contributed by atoms with E-state index in [1.54, 1.807) is 11.0 Å². The van der Waals surface area contributed by atoms with E-state index in [1.165, 1.54) is 0 Å². The summed E-state index contributed by atoms with van der Waals surface area (Å²) in [6.07, 6.45) is -6.43. The number of ether oxygens (including phenoxy) is 3. The van der Waals surface area contributed by atoms with Crippen molar-refractivity contribution in [1.29, 1.82) is 0 Å². The van der Waals surface area contributed by atoms with Crippen molar-refractivity contribution < 1.29 is 39.4 Å². The molecule has 11 heteroatoms. The lowest BCUT2D eigenvalue weighted by molar-refractivity contribution is -0.277. The molecule has 0 radical (unpaired) electrons. The highest BCUT2D eigenvalue weighted by Crippen LogP contribution is 2.41. The van der Waals surface area contributed by atoms with Crippen molar-refractivity contribution in [3.05, 3.63) is 65.9 Å². The molecule has 6 rings (SSSR count). The van der Waals surface area contributed by atoms with E-state index in [1.807, 2.05) is 67.5 Å². The molecule has 1 saturated heterocycles. The molecule has 42 heavy (non-hydrogen) atoms. The number of amides is 1. The van der Waals surface area contributed by atoms with Crippen molar-refractivity contribution in [2.45, 2.75) is 37.1 Å². The van der Waals surface area contributed by atoms with Gasteiger partial charge in [0.1, 0.15) is 48.2 Å². The summed E-state index contributed by atoms with van der Waals surface area (Å²) >= 11 is 0. The molecule has 222 valence electrons. The molecule has 5 atom stereocenters. The van der Waals surface area contributed by atoms with Crippen molar-refractivity contribution in [3.63, 3.8) is 0 Å². The molecule has 2 aliphatic rings. The van der Waals surface area contributed by atoms with Crippen molar-refractivity contribution in [2.24, 2.45) is 0 Å². The molecule has 0 saturated carbocycles. The molecule has 5 N–H and O–H groups in total. The summed E-state index contributed by atoms with van der Waals surface area (Å²) in [7, 11) is 3.97. The van der Waals surface area contributed by atoms with Crippen molar-refractivity contribution in [3.8, 4) is 11.5 Å². The first-order chi connectivity index (χ1) is 20.2. The van der Waals surface area contributed by atoms with Gasteiger partial charge in [-0.3, -0.25) is 4.79 Å². The summed E-state index contributed by atoms with van der Waals surface area (Å²) in [6.45, 7) is 1.25. The Morgan fingerprint density at radius 1 is 1.05 bits per heavy atom. The first-order valence-electron chi connectivity index (χ1n) is 14.0. The number of carbonyl (C=O) groups is 1. The third-order valence-corrected chi connectivity index (χ3v) is 7.94. The Balaban J connectivity index is 1.30. The number of anilines is 1. The molecule has 3 heterocycles. The zero-order valence-electron chi connectivity index (χ0n) is 23.4. The van der Waals surface area contributed by atoms with Gasteiger partial charge in [0, 0.05) is 35.4 Å². The lowest BCUT2D eigenvalue weighted by Crippen LogP contribution is -2.60. The van der Waals surface area contributed by atoms with Gasteiger partial charge >= 0.3 is 0 Å². The summed E-state index contributed by atoms with van der Waals surface area (Å²) in [6, 6.07) is 16.8. The van der Waals surface area contributed by atoms with Crippen LogP contribution in [0.3, 0.4) is 0 Å². The van der Waals surface area contributed by atoms with E-state index in [0.717, 1.165) is 39.5 Å². The van der Waals surface area contributed by atoms with Gasteiger partial charge < -0.3 is 49.4 Å². The highest BCUT2D eigenvalue weighted by atomic mass is 16.7. The molecular weight excluding hydrogens is 542 g/mol. The predicted molar refractivity (Wildman–Crippen MR) is 156 cm³/mol. The Bertz CT molecular complexity index is 1600. The largest absolute Gasteiger partial charge is 0.492 e. The van der Waals surface area contributed by atoms with Gasteiger partial charge in [-0.2, -0.15) is 0 Å². The van der Waals surface area contributed by atoms with Gasteiger partial charge in [-0.15, -0.1) is 0 Å². The smallest absolute Gasteiger partial charge is 0.274 e. The molecule has 5 unspecified atom stereocenters. The highest BCUT2D eigenvalue weighted by Gasteiger charge is 2.45. The van der Waals surface area contributed by atoms with Gasteiger partial charge in [-0.05, 0) is 55.7 Å². The van der Waals surface area contributed by atoms with Crippen LogP contribution in [0, 0.1) is 0 Å². The lowest BCUT2D eigenvalue weighted by atomic mass is 9.99. The van der Waals surface area contributed by atoms with Crippen LogP contribution in [0.1, 0.15) is 16.1 Å². The minimum atomic E-state index is -1.57. The van der Waals surface area contributed by atoms with Gasteiger partial charge in [-0.25, -0.2) is 0 Å². The number of aromatic nitrogens is 1. The van der Waals surface area contributed by atoms with Crippen LogP contribution in [-0.2, 0) is 11.2 Å². The Labute approximate surface area is 242 Å². The monoisotopic (exact) mass is 577 g/mol. The van der Waals surface area contributed by atoms with Crippen molar-refractivity contribution in [1.82, 2.24) is 9.88 Å². The first-order valence-corrected chi connectivity index (χ1v) is 14.0. The number of rotatable bonds is 8. The minimum Gasteiger partial charge on any atom is -0.492 e. The van der Waals surface area contributed by atoms with Crippen LogP contribution in [0.15, 0.2) is 54.6 Å². The molecule has 1 fully saturated rings. The Morgan fingerprint density at radius 3 is 2.60 bits per heavy atom. The Hall–Kier alpha value is -3.71. The maximum Gasteiger partial charge on any atom is 0.274 e.